The van der Waals surface area contributed by atoms with E-state index in [1.165, 1.54) is 28.0 Å². The molecule has 2 bridgehead atoms. The summed E-state index contributed by atoms with van der Waals surface area (Å²) in [5.74, 6) is -0.728. The van der Waals surface area contributed by atoms with Gasteiger partial charge in [-0.05, 0) is 67.2 Å². The number of nitro groups is 1. The fraction of sp³-hybridized carbons (Fsp3) is 0.370. The molecular formula is C27H25N3O5. The van der Waals surface area contributed by atoms with Gasteiger partial charge in [-0.2, -0.15) is 0 Å². The zero-order chi connectivity index (χ0) is 24.6. The summed E-state index contributed by atoms with van der Waals surface area (Å²) in [7, 11) is 0. The van der Waals surface area contributed by atoms with Gasteiger partial charge in [-0.3, -0.25) is 34.3 Å². The molecule has 2 aromatic carbocycles. The lowest BCUT2D eigenvalue weighted by Crippen LogP contribution is -2.45. The van der Waals surface area contributed by atoms with E-state index in [4.69, 9.17) is 0 Å². The van der Waals surface area contributed by atoms with Gasteiger partial charge in [-0.1, -0.05) is 36.4 Å². The maximum absolute atomic E-state index is 13.8. The molecule has 2 saturated carbocycles. The van der Waals surface area contributed by atoms with Crippen molar-refractivity contribution in [3.05, 3.63) is 81.4 Å². The Morgan fingerprint density at radius 2 is 1.63 bits per heavy atom. The summed E-state index contributed by atoms with van der Waals surface area (Å²) in [6.07, 6.45) is 5.28. The number of rotatable bonds is 5. The quantitative estimate of drug-likeness (QED) is 0.285. The Labute approximate surface area is 202 Å². The summed E-state index contributed by atoms with van der Waals surface area (Å²) in [5.41, 5.74) is 1.85. The van der Waals surface area contributed by atoms with Crippen molar-refractivity contribution in [2.24, 2.45) is 35.5 Å². The minimum Gasteiger partial charge on any atom is -0.289 e. The monoisotopic (exact) mass is 471 g/mol. The zero-order valence-corrected chi connectivity index (χ0v) is 19.5. The summed E-state index contributed by atoms with van der Waals surface area (Å²) in [4.78, 5) is 54.6. The van der Waals surface area contributed by atoms with Gasteiger partial charge in [-0.25, -0.2) is 0 Å². The first kappa shape index (κ1) is 21.7. The smallest absolute Gasteiger partial charge is 0.282 e. The van der Waals surface area contributed by atoms with Gasteiger partial charge >= 0.3 is 0 Å². The number of amides is 3. The van der Waals surface area contributed by atoms with Gasteiger partial charge in [0.25, 0.3) is 11.6 Å². The van der Waals surface area contributed by atoms with Crippen LogP contribution in [-0.2, 0) is 9.59 Å². The van der Waals surface area contributed by atoms with Crippen LogP contribution in [0.1, 0.15) is 27.9 Å². The first-order valence-corrected chi connectivity index (χ1v) is 11.9. The Kier molecular flexibility index (Phi) is 4.71. The first-order valence-electron chi connectivity index (χ1n) is 11.9. The van der Waals surface area contributed by atoms with Gasteiger partial charge < -0.3 is 0 Å². The Balaban J connectivity index is 1.40. The van der Waals surface area contributed by atoms with Crippen molar-refractivity contribution < 1.29 is 19.3 Å². The van der Waals surface area contributed by atoms with Crippen LogP contribution in [0, 0.1) is 59.5 Å². The molecule has 1 heterocycles. The van der Waals surface area contributed by atoms with Crippen molar-refractivity contribution >= 4 is 29.1 Å². The first-order chi connectivity index (χ1) is 16.8. The number of aryl methyl sites for hydroxylation is 1. The predicted molar refractivity (Wildman–Crippen MR) is 127 cm³/mol. The standard InChI is InChI=1S/C27H25N3O5/c1-14-6-5-9-21(15(14)2)28(25(31)18-7-3-4-8-22(18)30(34)35)13-29-26(32)23-16-10-11-17(20-12-19(16)20)24(23)27(29)33/h3-11,16-17,19-20,23-24H,12-13H2,1-2H3. The molecule has 1 aliphatic heterocycles. The number of imide groups is 1. The molecule has 5 aliphatic rings. The highest BCUT2D eigenvalue weighted by atomic mass is 16.6. The van der Waals surface area contributed by atoms with Crippen molar-refractivity contribution in [3.8, 4) is 0 Å². The third kappa shape index (κ3) is 3.08. The summed E-state index contributed by atoms with van der Waals surface area (Å²) < 4.78 is 0. The van der Waals surface area contributed by atoms with E-state index < -0.39 is 10.8 Å². The minimum absolute atomic E-state index is 0.0801. The lowest BCUT2D eigenvalue weighted by molar-refractivity contribution is -0.385. The second-order valence-corrected chi connectivity index (χ2v) is 10.1. The van der Waals surface area contributed by atoms with Crippen molar-refractivity contribution in [1.82, 2.24) is 4.90 Å². The molecule has 3 amide bonds. The molecule has 8 heteroatoms. The van der Waals surface area contributed by atoms with Crippen LogP contribution in [0.2, 0.25) is 0 Å². The summed E-state index contributed by atoms with van der Waals surface area (Å²) in [6.45, 7) is 3.49. The highest BCUT2D eigenvalue weighted by Crippen LogP contribution is 2.65. The number of para-hydroxylation sites is 1. The van der Waals surface area contributed by atoms with Crippen LogP contribution in [0.15, 0.2) is 54.6 Å². The summed E-state index contributed by atoms with van der Waals surface area (Å²) in [6, 6.07) is 11.2. The molecule has 4 aliphatic carbocycles. The molecule has 0 radical (unpaired) electrons. The molecule has 6 unspecified atom stereocenters. The van der Waals surface area contributed by atoms with Crippen molar-refractivity contribution in [2.45, 2.75) is 20.3 Å². The van der Waals surface area contributed by atoms with E-state index in [1.54, 1.807) is 18.2 Å². The summed E-state index contributed by atoms with van der Waals surface area (Å²) in [5, 5.41) is 11.6. The van der Waals surface area contributed by atoms with E-state index in [9.17, 15) is 24.5 Å². The predicted octanol–water partition coefficient (Wildman–Crippen LogP) is 3.87. The molecule has 6 atom stereocenters. The van der Waals surface area contributed by atoms with Crippen LogP contribution in [0.4, 0.5) is 11.4 Å². The molecule has 0 aromatic heterocycles. The van der Waals surface area contributed by atoms with Gasteiger partial charge in [0.1, 0.15) is 12.2 Å². The van der Waals surface area contributed by atoms with Gasteiger partial charge in [0.15, 0.2) is 0 Å². The molecule has 0 spiro atoms. The highest BCUT2D eigenvalue weighted by Gasteiger charge is 2.67. The third-order valence-electron chi connectivity index (χ3n) is 8.48. The Hall–Kier alpha value is -3.81. The number of benzene rings is 2. The van der Waals surface area contributed by atoms with Gasteiger partial charge in [0.05, 0.1) is 16.8 Å². The van der Waals surface area contributed by atoms with Crippen LogP contribution in [0.3, 0.4) is 0 Å². The SMILES string of the molecule is Cc1cccc(N(CN2C(=O)C3C4C=CC(C5CC45)C3C2=O)C(=O)c2ccccc2[N+](=O)[O-])c1C. The van der Waals surface area contributed by atoms with Crippen LogP contribution < -0.4 is 4.90 Å². The summed E-state index contributed by atoms with van der Waals surface area (Å²) >= 11 is 0. The molecule has 2 aromatic rings. The second-order valence-electron chi connectivity index (χ2n) is 10.1. The normalized spacial score (nSPS) is 29.7. The number of carbonyl (C=O) groups is 3. The van der Waals surface area contributed by atoms with E-state index >= 15 is 0 Å². The number of hydrogen-bond acceptors (Lipinski definition) is 5. The van der Waals surface area contributed by atoms with Crippen LogP contribution in [0.25, 0.3) is 0 Å². The van der Waals surface area contributed by atoms with Gasteiger partial charge in [-0.15, -0.1) is 0 Å². The third-order valence-corrected chi connectivity index (χ3v) is 8.48. The molecule has 178 valence electrons. The maximum Gasteiger partial charge on any atom is 0.282 e. The van der Waals surface area contributed by atoms with E-state index in [1.807, 2.05) is 19.9 Å². The molecule has 35 heavy (non-hydrogen) atoms. The minimum atomic E-state index is -0.620. The van der Waals surface area contributed by atoms with E-state index in [0.717, 1.165) is 17.5 Å². The van der Waals surface area contributed by atoms with E-state index in [0.29, 0.717) is 17.5 Å². The lowest BCUT2D eigenvalue weighted by atomic mass is 9.63. The number of nitrogens with zero attached hydrogens (tertiary/aromatic N) is 3. The average molecular weight is 472 g/mol. The highest BCUT2D eigenvalue weighted by molar-refractivity contribution is 6.11. The molecule has 3 fully saturated rings. The Morgan fingerprint density at radius 1 is 1.00 bits per heavy atom. The van der Waals surface area contributed by atoms with E-state index in [-0.39, 0.29) is 53.4 Å². The number of carbonyl (C=O) groups excluding carboxylic acids is 3. The average Bonchev–Trinajstić information content (AvgIpc) is 3.64. The zero-order valence-electron chi connectivity index (χ0n) is 19.5. The fourth-order valence-electron chi connectivity index (χ4n) is 6.54. The van der Waals surface area contributed by atoms with Gasteiger partial charge in [0.2, 0.25) is 11.8 Å². The fourth-order valence-corrected chi connectivity index (χ4v) is 6.54. The molecular weight excluding hydrogens is 446 g/mol. The number of nitro benzene ring substituents is 1. The molecule has 7 rings (SSSR count). The largest absolute Gasteiger partial charge is 0.289 e. The molecule has 8 nitrogen and oxygen atoms in total. The van der Waals surface area contributed by atoms with Crippen LogP contribution in [-0.4, -0.2) is 34.2 Å². The van der Waals surface area contributed by atoms with E-state index in [2.05, 4.69) is 12.2 Å². The molecule has 0 N–H and O–H groups in total. The number of hydrogen-bond donors (Lipinski definition) is 0. The second kappa shape index (κ2) is 7.60. The Bertz CT molecular complexity index is 1300. The van der Waals surface area contributed by atoms with Crippen molar-refractivity contribution in [3.63, 3.8) is 0 Å². The van der Waals surface area contributed by atoms with Crippen LogP contribution >= 0.6 is 0 Å². The van der Waals surface area contributed by atoms with Crippen molar-refractivity contribution in [2.75, 3.05) is 11.6 Å². The van der Waals surface area contributed by atoms with Crippen LogP contribution in [0.5, 0.6) is 0 Å². The Morgan fingerprint density at radius 3 is 2.26 bits per heavy atom. The number of likely N-dealkylation sites (tertiary alicyclic amines) is 1. The molecule has 1 saturated heterocycles. The lowest BCUT2D eigenvalue weighted by Gasteiger charge is -2.37. The van der Waals surface area contributed by atoms with Gasteiger partial charge in [0, 0.05) is 11.8 Å². The van der Waals surface area contributed by atoms with Crippen molar-refractivity contribution in [1.29, 1.82) is 0 Å². The number of anilines is 1. The topological polar surface area (TPSA) is 101 Å². The maximum atomic E-state index is 13.8. The number of allylic oxidation sites excluding steroid dienone is 2.